The van der Waals surface area contributed by atoms with Crippen LogP contribution in [0.15, 0.2) is 83.8 Å². The molecule has 0 N–H and O–H groups in total. The Labute approximate surface area is 165 Å². The first kappa shape index (κ1) is 20.4. The maximum Gasteiger partial charge on any atom is 0.421 e. The number of nitrogens with zero attached hydrogens (tertiary/aromatic N) is 2. The number of hydrogen-bond donors (Lipinski definition) is 0. The van der Waals surface area contributed by atoms with E-state index in [1.54, 1.807) is 0 Å². The molecule has 29 heavy (non-hydrogen) atoms. The highest BCUT2D eigenvalue weighted by Gasteiger charge is 2.34. The van der Waals surface area contributed by atoms with E-state index in [4.69, 9.17) is 0 Å². The molecule has 4 nitrogen and oxygen atoms in total. The lowest BCUT2D eigenvalue weighted by Crippen LogP contribution is -2.37. The molecule has 0 unspecified atom stereocenters. The zero-order valence-electron chi connectivity index (χ0n) is 15.5. The molecule has 0 radical (unpaired) electrons. The highest BCUT2D eigenvalue weighted by Crippen LogP contribution is 2.26. The third-order valence-electron chi connectivity index (χ3n) is 4.42. The lowest BCUT2D eigenvalue weighted by molar-refractivity contribution is -0.139. The van der Waals surface area contributed by atoms with E-state index >= 15 is 0 Å². The molecular formula is C22H19F3N2O2. The average Bonchev–Trinajstić information content (AvgIpc) is 2.70. The number of benzene rings is 2. The van der Waals surface area contributed by atoms with E-state index in [1.807, 2.05) is 60.7 Å². The fourth-order valence-electron chi connectivity index (χ4n) is 2.96. The number of carbonyl (C=O) groups is 1. The van der Waals surface area contributed by atoms with Crippen molar-refractivity contribution in [2.24, 2.45) is 0 Å². The first-order chi connectivity index (χ1) is 13.8. The molecule has 3 aromatic rings. The van der Waals surface area contributed by atoms with Gasteiger partial charge >= 0.3 is 6.18 Å². The summed E-state index contributed by atoms with van der Waals surface area (Å²) < 4.78 is 39.8. The molecule has 1 heterocycles. The molecule has 0 aliphatic heterocycles. The minimum Gasteiger partial charge on any atom is -0.332 e. The number of alkyl halides is 3. The Morgan fingerprint density at radius 3 is 1.83 bits per heavy atom. The van der Waals surface area contributed by atoms with Crippen LogP contribution in [0.4, 0.5) is 13.2 Å². The Hall–Kier alpha value is -3.35. The molecule has 150 valence electrons. The summed E-state index contributed by atoms with van der Waals surface area (Å²) in [5, 5.41) is 0. The summed E-state index contributed by atoms with van der Waals surface area (Å²) in [6.45, 7) is 0.0903. The largest absolute Gasteiger partial charge is 0.421 e. The van der Waals surface area contributed by atoms with Crippen molar-refractivity contribution in [2.75, 3.05) is 0 Å². The van der Waals surface area contributed by atoms with Gasteiger partial charge in [-0.1, -0.05) is 60.7 Å². The van der Waals surface area contributed by atoms with Crippen LogP contribution >= 0.6 is 0 Å². The van der Waals surface area contributed by atoms with Crippen molar-refractivity contribution in [2.45, 2.75) is 25.8 Å². The molecule has 3 rings (SSSR count). The molecule has 0 bridgehead atoms. The van der Waals surface area contributed by atoms with E-state index in [-0.39, 0.29) is 13.1 Å². The maximum atomic E-state index is 13.0. The fraction of sp³-hybridized carbons (Fsp3) is 0.182. The topological polar surface area (TPSA) is 42.3 Å². The standard InChI is InChI=1S/C22H19F3N2O2/c23-22(24,25)19-12-7-13-26(21(19)29)16-20(28)27(14-17-8-3-1-4-9-17)15-18-10-5-2-6-11-18/h1-13H,14-16H2. The number of halogens is 3. The molecule has 0 aliphatic carbocycles. The van der Waals surface area contributed by atoms with Gasteiger partial charge in [-0.2, -0.15) is 13.2 Å². The van der Waals surface area contributed by atoms with Crippen molar-refractivity contribution in [3.05, 3.63) is 106 Å². The van der Waals surface area contributed by atoms with Crippen molar-refractivity contribution in [1.82, 2.24) is 9.47 Å². The summed E-state index contributed by atoms with van der Waals surface area (Å²) in [4.78, 5) is 26.6. The Bertz CT molecular complexity index is 974. The third-order valence-corrected chi connectivity index (χ3v) is 4.42. The summed E-state index contributed by atoms with van der Waals surface area (Å²) in [6.07, 6.45) is -3.57. The summed E-state index contributed by atoms with van der Waals surface area (Å²) in [5.41, 5.74) is -0.750. The molecule has 0 saturated carbocycles. The van der Waals surface area contributed by atoms with Gasteiger partial charge in [0.15, 0.2) is 0 Å². The van der Waals surface area contributed by atoms with Crippen LogP contribution < -0.4 is 5.56 Å². The summed E-state index contributed by atoms with van der Waals surface area (Å²) in [6, 6.07) is 20.4. The van der Waals surface area contributed by atoms with Crippen molar-refractivity contribution < 1.29 is 18.0 Å². The lowest BCUT2D eigenvalue weighted by Gasteiger charge is -2.24. The van der Waals surface area contributed by atoms with Crippen molar-refractivity contribution >= 4 is 5.91 Å². The van der Waals surface area contributed by atoms with Crippen LogP contribution in [0.1, 0.15) is 16.7 Å². The number of aromatic nitrogens is 1. The van der Waals surface area contributed by atoms with Crippen LogP contribution in [0.3, 0.4) is 0 Å². The average molecular weight is 400 g/mol. The van der Waals surface area contributed by atoms with Crippen LogP contribution in [0.5, 0.6) is 0 Å². The normalized spacial score (nSPS) is 11.3. The van der Waals surface area contributed by atoms with Crippen molar-refractivity contribution in [3.63, 3.8) is 0 Å². The van der Waals surface area contributed by atoms with Crippen LogP contribution in [-0.4, -0.2) is 15.4 Å². The summed E-state index contributed by atoms with van der Waals surface area (Å²) in [7, 11) is 0. The first-order valence-electron chi connectivity index (χ1n) is 8.97. The predicted octanol–water partition coefficient (Wildman–Crippen LogP) is 4.10. The van der Waals surface area contributed by atoms with Gasteiger partial charge in [0, 0.05) is 19.3 Å². The van der Waals surface area contributed by atoms with Gasteiger partial charge in [-0.15, -0.1) is 0 Å². The van der Waals surface area contributed by atoms with Gasteiger partial charge in [0.05, 0.1) is 0 Å². The van der Waals surface area contributed by atoms with Gasteiger partial charge in [0.25, 0.3) is 5.56 Å². The van der Waals surface area contributed by atoms with Gasteiger partial charge in [-0.25, -0.2) is 0 Å². The monoisotopic (exact) mass is 400 g/mol. The van der Waals surface area contributed by atoms with E-state index in [9.17, 15) is 22.8 Å². The Kier molecular flexibility index (Phi) is 6.16. The van der Waals surface area contributed by atoms with E-state index in [1.165, 1.54) is 11.1 Å². The first-order valence-corrected chi connectivity index (χ1v) is 8.97. The van der Waals surface area contributed by atoms with Crippen molar-refractivity contribution in [1.29, 1.82) is 0 Å². The Balaban J connectivity index is 1.86. The van der Waals surface area contributed by atoms with Crippen molar-refractivity contribution in [3.8, 4) is 0 Å². The molecule has 0 saturated heterocycles. The third kappa shape index (κ3) is 5.34. The van der Waals surface area contributed by atoms with Crippen LogP contribution in [-0.2, 0) is 30.6 Å². The van der Waals surface area contributed by atoms with Crippen LogP contribution in [0.25, 0.3) is 0 Å². The molecule has 0 fully saturated rings. The second kappa shape index (κ2) is 8.77. The van der Waals surface area contributed by atoms with Gasteiger partial charge in [-0.05, 0) is 23.3 Å². The highest BCUT2D eigenvalue weighted by atomic mass is 19.4. The minimum absolute atomic E-state index is 0.280. The van der Waals surface area contributed by atoms with Gasteiger partial charge < -0.3 is 9.47 Å². The van der Waals surface area contributed by atoms with E-state index in [0.29, 0.717) is 0 Å². The second-order valence-electron chi connectivity index (χ2n) is 6.57. The summed E-state index contributed by atoms with van der Waals surface area (Å²) >= 11 is 0. The Morgan fingerprint density at radius 1 is 0.828 bits per heavy atom. The number of carbonyl (C=O) groups excluding carboxylic acids is 1. The zero-order chi connectivity index (χ0) is 20.9. The quantitative estimate of drug-likeness (QED) is 0.625. The Morgan fingerprint density at radius 2 is 1.34 bits per heavy atom. The molecule has 0 aliphatic rings. The molecule has 0 atom stereocenters. The lowest BCUT2D eigenvalue weighted by atomic mass is 10.1. The molecule has 1 amide bonds. The molecule has 7 heteroatoms. The number of hydrogen-bond acceptors (Lipinski definition) is 2. The van der Waals surface area contributed by atoms with Crippen LogP contribution in [0, 0.1) is 0 Å². The fourth-order valence-corrected chi connectivity index (χ4v) is 2.96. The molecule has 2 aromatic carbocycles. The molecule has 1 aromatic heterocycles. The number of amides is 1. The minimum atomic E-state index is -4.77. The molecular weight excluding hydrogens is 381 g/mol. The second-order valence-corrected chi connectivity index (χ2v) is 6.57. The van der Waals surface area contributed by atoms with E-state index in [2.05, 4.69) is 0 Å². The van der Waals surface area contributed by atoms with Gasteiger partial charge in [-0.3, -0.25) is 9.59 Å². The molecule has 0 spiro atoms. The number of rotatable bonds is 6. The smallest absolute Gasteiger partial charge is 0.332 e. The van der Waals surface area contributed by atoms with E-state index < -0.39 is 29.8 Å². The predicted molar refractivity (Wildman–Crippen MR) is 103 cm³/mol. The summed E-state index contributed by atoms with van der Waals surface area (Å²) in [5.74, 6) is -0.445. The van der Waals surface area contributed by atoms with Gasteiger partial charge in [0.2, 0.25) is 5.91 Å². The van der Waals surface area contributed by atoms with Crippen LogP contribution in [0.2, 0.25) is 0 Å². The zero-order valence-corrected chi connectivity index (χ0v) is 15.5. The highest BCUT2D eigenvalue weighted by molar-refractivity contribution is 5.76. The maximum absolute atomic E-state index is 13.0. The van der Waals surface area contributed by atoms with E-state index in [0.717, 1.165) is 27.8 Å². The number of pyridine rings is 1. The van der Waals surface area contributed by atoms with Gasteiger partial charge in [0.1, 0.15) is 12.1 Å². The SMILES string of the molecule is O=C(Cn1cccc(C(F)(F)F)c1=O)N(Cc1ccccc1)Cc1ccccc1.